The van der Waals surface area contributed by atoms with Crippen molar-refractivity contribution in [2.75, 3.05) is 0 Å². The number of allylic oxidation sites excluding steroid dienone is 1. The van der Waals surface area contributed by atoms with E-state index in [1.807, 2.05) is 0 Å². The third-order valence-electron chi connectivity index (χ3n) is 0.724. The molecule has 0 aliphatic heterocycles. The molecule has 0 saturated carbocycles. The molecule has 0 spiro atoms. The van der Waals surface area contributed by atoms with E-state index in [0.29, 0.717) is 6.26 Å². The molecule has 0 amide bonds. The lowest BCUT2D eigenvalue weighted by atomic mass is 10.2. The second-order valence-electron chi connectivity index (χ2n) is 1.71. The van der Waals surface area contributed by atoms with E-state index >= 15 is 0 Å². The monoisotopic (exact) mass is 102 g/mol. The fourth-order valence-corrected chi connectivity index (χ4v) is 0.149. The fourth-order valence-electron chi connectivity index (χ4n) is 0.149. The molecule has 0 aromatic carbocycles. The molecule has 0 atom stereocenters. The maximum atomic E-state index is 8.55. The Labute approximate surface area is 43.1 Å². The summed E-state index contributed by atoms with van der Waals surface area (Å²) in [6.07, 6.45) is 0.713. The van der Waals surface area contributed by atoms with Crippen LogP contribution in [0.3, 0.4) is 0 Å². The number of hydrogen-bond donors (Lipinski definition) is 2. The molecular formula is C5H10O2. The van der Waals surface area contributed by atoms with Crippen molar-refractivity contribution in [2.45, 2.75) is 13.8 Å². The topological polar surface area (TPSA) is 40.5 Å². The zero-order valence-corrected chi connectivity index (χ0v) is 4.55. The van der Waals surface area contributed by atoms with Gasteiger partial charge >= 0.3 is 0 Å². The van der Waals surface area contributed by atoms with Crippen LogP contribution in [0.1, 0.15) is 13.8 Å². The van der Waals surface area contributed by atoms with E-state index in [1.165, 1.54) is 0 Å². The molecule has 2 nitrogen and oxygen atoms in total. The van der Waals surface area contributed by atoms with Crippen LogP contribution in [0.25, 0.3) is 0 Å². The molecule has 0 saturated heterocycles. The summed E-state index contributed by atoms with van der Waals surface area (Å²) in [5, 5.41) is 16.6. The van der Waals surface area contributed by atoms with Crippen molar-refractivity contribution in [3.8, 4) is 0 Å². The highest BCUT2D eigenvalue weighted by Gasteiger charge is 1.95. The first-order chi connectivity index (χ1) is 3.18. The van der Waals surface area contributed by atoms with Crippen LogP contribution < -0.4 is 0 Å². The Balaban J connectivity index is 3.56. The standard InChI is InChI=1S/C5H10O2/c1-4(2)5(7)3-6/h3-4,6-7H,1-2H3. The van der Waals surface area contributed by atoms with E-state index in [-0.39, 0.29) is 11.7 Å². The van der Waals surface area contributed by atoms with Crippen LogP contribution in [0.15, 0.2) is 12.0 Å². The summed E-state index contributed by atoms with van der Waals surface area (Å²) >= 11 is 0. The van der Waals surface area contributed by atoms with Crippen molar-refractivity contribution in [1.82, 2.24) is 0 Å². The van der Waals surface area contributed by atoms with Crippen molar-refractivity contribution >= 4 is 0 Å². The zero-order chi connectivity index (χ0) is 5.86. The predicted octanol–water partition coefficient (Wildman–Crippen LogP) is 1.60. The van der Waals surface area contributed by atoms with Gasteiger partial charge in [-0.2, -0.15) is 0 Å². The maximum absolute atomic E-state index is 8.55. The van der Waals surface area contributed by atoms with Gasteiger partial charge < -0.3 is 10.2 Å². The minimum atomic E-state index is 0.0278. The largest absolute Gasteiger partial charge is 0.512 e. The highest BCUT2D eigenvalue weighted by atomic mass is 16.3. The van der Waals surface area contributed by atoms with E-state index < -0.39 is 0 Å². The summed E-state index contributed by atoms with van der Waals surface area (Å²) in [5.74, 6) is 0.0602. The van der Waals surface area contributed by atoms with Crippen molar-refractivity contribution in [3.05, 3.63) is 12.0 Å². The van der Waals surface area contributed by atoms with E-state index in [2.05, 4.69) is 0 Å². The predicted molar refractivity (Wildman–Crippen MR) is 28.2 cm³/mol. The first kappa shape index (κ1) is 6.34. The van der Waals surface area contributed by atoms with Crippen LogP contribution in [0.2, 0.25) is 0 Å². The summed E-state index contributed by atoms with van der Waals surface area (Å²) < 4.78 is 0. The molecule has 0 radical (unpaired) electrons. The number of hydrogen-bond acceptors (Lipinski definition) is 2. The van der Waals surface area contributed by atoms with Crippen LogP contribution in [-0.4, -0.2) is 10.2 Å². The van der Waals surface area contributed by atoms with Crippen LogP contribution in [0.5, 0.6) is 0 Å². The van der Waals surface area contributed by atoms with E-state index in [1.54, 1.807) is 13.8 Å². The van der Waals surface area contributed by atoms with Gasteiger partial charge in [0.15, 0.2) is 0 Å². The Morgan fingerprint density at radius 3 is 2.00 bits per heavy atom. The molecule has 2 heteroatoms. The van der Waals surface area contributed by atoms with Crippen molar-refractivity contribution in [3.63, 3.8) is 0 Å². The Bertz CT molecular complexity index is 74.1. The average Bonchev–Trinajstić information content (AvgIpc) is 1.65. The SMILES string of the molecule is CC(C)C(O)=CO. The quantitative estimate of drug-likeness (QED) is 0.493. The molecule has 0 aliphatic rings. The lowest BCUT2D eigenvalue weighted by Gasteiger charge is -1.97. The summed E-state index contributed by atoms with van der Waals surface area (Å²) in [7, 11) is 0. The summed E-state index contributed by atoms with van der Waals surface area (Å²) in [5.41, 5.74) is 0. The lowest BCUT2D eigenvalue weighted by Crippen LogP contribution is -1.90. The third kappa shape index (κ3) is 2.09. The van der Waals surface area contributed by atoms with Crippen molar-refractivity contribution in [2.24, 2.45) is 5.92 Å². The van der Waals surface area contributed by atoms with Gasteiger partial charge in [0, 0.05) is 5.92 Å². The molecule has 42 valence electrons. The molecule has 0 aromatic heterocycles. The van der Waals surface area contributed by atoms with Gasteiger partial charge in [-0.25, -0.2) is 0 Å². The first-order valence-corrected chi connectivity index (χ1v) is 2.21. The highest BCUT2D eigenvalue weighted by Crippen LogP contribution is 2.01. The molecule has 0 bridgehead atoms. The van der Waals surface area contributed by atoms with Crippen LogP contribution in [0, 0.1) is 5.92 Å². The van der Waals surface area contributed by atoms with E-state index in [0.717, 1.165) is 0 Å². The summed E-state index contributed by atoms with van der Waals surface area (Å²) in [6, 6.07) is 0. The Morgan fingerprint density at radius 1 is 1.57 bits per heavy atom. The Hall–Kier alpha value is -0.660. The second-order valence-corrected chi connectivity index (χ2v) is 1.71. The normalized spacial score (nSPS) is 12.7. The molecule has 0 rings (SSSR count). The van der Waals surface area contributed by atoms with Crippen molar-refractivity contribution in [1.29, 1.82) is 0 Å². The smallest absolute Gasteiger partial charge is 0.129 e. The zero-order valence-electron chi connectivity index (χ0n) is 4.55. The molecular weight excluding hydrogens is 92.1 g/mol. The maximum Gasteiger partial charge on any atom is 0.129 e. The lowest BCUT2D eigenvalue weighted by molar-refractivity contribution is 0.315. The molecule has 0 unspecified atom stereocenters. The van der Waals surface area contributed by atoms with Gasteiger partial charge in [0.1, 0.15) is 12.0 Å². The third-order valence-corrected chi connectivity index (χ3v) is 0.724. The van der Waals surface area contributed by atoms with Gasteiger partial charge in [0.05, 0.1) is 0 Å². The highest BCUT2D eigenvalue weighted by molar-refractivity contribution is 4.86. The number of aliphatic hydroxyl groups excluding tert-OH is 2. The van der Waals surface area contributed by atoms with Gasteiger partial charge in [0.25, 0.3) is 0 Å². The number of aliphatic hydroxyl groups is 2. The van der Waals surface area contributed by atoms with Crippen LogP contribution in [-0.2, 0) is 0 Å². The van der Waals surface area contributed by atoms with Gasteiger partial charge in [-0.1, -0.05) is 13.8 Å². The van der Waals surface area contributed by atoms with E-state index in [9.17, 15) is 0 Å². The number of rotatable bonds is 1. The Morgan fingerprint density at radius 2 is 2.00 bits per heavy atom. The van der Waals surface area contributed by atoms with Gasteiger partial charge in [-0.15, -0.1) is 0 Å². The second kappa shape index (κ2) is 2.50. The van der Waals surface area contributed by atoms with Gasteiger partial charge in [-0.3, -0.25) is 0 Å². The Kier molecular flexibility index (Phi) is 2.27. The average molecular weight is 102 g/mol. The minimum absolute atomic E-state index is 0.0278. The fraction of sp³-hybridized carbons (Fsp3) is 0.600. The van der Waals surface area contributed by atoms with Crippen molar-refractivity contribution < 1.29 is 10.2 Å². The van der Waals surface area contributed by atoms with E-state index in [4.69, 9.17) is 10.2 Å². The van der Waals surface area contributed by atoms with Gasteiger partial charge in [-0.05, 0) is 0 Å². The van der Waals surface area contributed by atoms with Crippen LogP contribution >= 0.6 is 0 Å². The minimum Gasteiger partial charge on any atom is -0.512 e. The van der Waals surface area contributed by atoms with Gasteiger partial charge in [0.2, 0.25) is 0 Å². The molecule has 0 aliphatic carbocycles. The molecule has 0 heterocycles. The summed E-state index contributed by atoms with van der Waals surface area (Å²) in [6.45, 7) is 3.59. The van der Waals surface area contributed by atoms with Crippen LogP contribution in [0.4, 0.5) is 0 Å². The molecule has 2 N–H and O–H groups in total. The molecule has 0 aromatic rings. The first-order valence-electron chi connectivity index (χ1n) is 2.21. The molecule has 7 heavy (non-hydrogen) atoms. The summed E-state index contributed by atoms with van der Waals surface area (Å²) in [4.78, 5) is 0. The molecule has 0 fully saturated rings.